The van der Waals surface area contributed by atoms with Gasteiger partial charge in [-0.05, 0) is 36.8 Å². The Morgan fingerprint density at radius 2 is 1.78 bits per heavy atom. The van der Waals surface area contributed by atoms with Crippen molar-refractivity contribution in [3.63, 3.8) is 0 Å². The van der Waals surface area contributed by atoms with Gasteiger partial charge in [0.2, 0.25) is 0 Å². The van der Waals surface area contributed by atoms with E-state index in [4.69, 9.17) is 9.15 Å². The molecule has 3 heterocycles. The van der Waals surface area contributed by atoms with Gasteiger partial charge >= 0.3 is 0 Å². The van der Waals surface area contributed by atoms with Crippen LogP contribution in [-0.2, 0) is 0 Å². The molecule has 5 rings (SSSR count). The number of carbonyl (C=O) groups excluding carboxylic acids is 1. The van der Waals surface area contributed by atoms with Crippen LogP contribution in [0.1, 0.15) is 16.1 Å². The predicted octanol–water partition coefficient (Wildman–Crippen LogP) is 4.17. The van der Waals surface area contributed by atoms with Crippen molar-refractivity contribution in [2.45, 2.75) is 6.92 Å². The highest BCUT2D eigenvalue weighted by Gasteiger charge is 2.26. The van der Waals surface area contributed by atoms with Gasteiger partial charge in [-0.1, -0.05) is 36.4 Å². The number of piperazine rings is 1. The molecule has 7 heteroatoms. The average molecular weight is 428 g/mol. The smallest absolute Gasteiger partial charge is 0.289 e. The molecule has 0 N–H and O–H groups in total. The van der Waals surface area contributed by atoms with E-state index in [0.717, 1.165) is 22.5 Å². The molecule has 2 aromatic heterocycles. The first-order chi connectivity index (χ1) is 15.6. The Bertz CT molecular complexity index is 1260. The first kappa shape index (κ1) is 20.1. The number of anilines is 1. The van der Waals surface area contributed by atoms with Gasteiger partial charge in [-0.25, -0.2) is 0 Å². The van der Waals surface area contributed by atoms with Crippen LogP contribution >= 0.6 is 0 Å². The molecule has 0 radical (unpaired) electrons. The Morgan fingerprint density at radius 1 is 0.969 bits per heavy atom. The molecular weight excluding hydrogens is 404 g/mol. The summed E-state index contributed by atoms with van der Waals surface area (Å²) < 4.78 is 11.2. The molecule has 1 saturated heterocycles. The molecule has 1 aliphatic heterocycles. The van der Waals surface area contributed by atoms with E-state index in [1.54, 1.807) is 13.2 Å². The van der Waals surface area contributed by atoms with Crippen LogP contribution in [0.15, 0.2) is 65.1 Å². The van der Waals surface area contributed by atoms with Gasteiger partial charge in [0.25, 0.3) is 5.91 Å². The molecule has 0 saturated carbocycles. The predicted molar refractivity (Wildman–Crippen MR) is 123 cm³/mol. The van der Waals surface area contributed by atoms with Gasteiger partial charge in [0.15, 0.2) is 22.9 Å². The highest BCUT2D eigenvalue weighted by molar-refractivity contribution is 5.97. The van der Waals surface area contributed by atoms with Crippen molar-refractivity contribution in [1.82, 2.24) is 15.1 Å². The summed E-state index contributed by atoms with van der Waals surface area (Å²) in [6.07, 6.45) is 0. The molecule has 0 spiro atoms. The molecule has 0 bridgehead atoms. The normalized spacial score (nSPS) is 14.1. The van der Waals surface area contributed by atoms with Crippen molar-refractivity contribution in [2.75, 3.05) is 38.2 Å². The van der Waals surface area contributed by atoms with Gasteiger partial charge in [0.1, 0.15) is 0 Å². The van der Waals surface area contributed by atoms with Crippen LogP contribution in [0.2, 0.25) is 0 Å². The third kappa shape index (κ3) is 3.66. The molecule has 162 valence electrons. The van der Waals surface area contributed by atoms with Crippen LogP contribution in [-0.4, -0.2) is 54.3 Å². The molecular formula is C25H24N4O3. The Labute approximate surface area is 186 Å². The zero-order valence-electron chi connectivity index (χ0n) is 18.1. The maximum Gasteiger partial charge on any atom is 0.289 e. The Morgan fingerprint density at radius 3 is 2.50 bits per heavy atom. The number of para-hydroxylation sites is 1. The second-order valence-electron chi connectivity index (χ2n) is 7.86. The van der Waals surface area contributed by atoms with E-state index < -0.39 is 0 Å². The van der Waals surface area contributed by atoms with E-state index in [2.05, 4.69) is 34.2 Å². The fourth-order valence-electron chi connectivity index (χ4n) is 4.09. The van der Waals surface area contributed by atoms with E-state index in [1.165, 1.54) is 5.56 Å². The Hall–Kier alpha value is -3.87. The minimum absolute atomic E-state index is 0.108. The number of amides is 1. The molecule has 4 aromatic rings. The average Bonchev–Trinajstić information content (AvgIpc) is 3.29. The summed E-state index contributed by atoms with van der Waals surface area (Å²) in [6.45, 7) is 4.63. The molecule has 32 heavy (non-hydrogen) atoms. The van der Waals surface area contributed by atoms with Crippen molar-refractivity contribution >= 4 is 22.7 Å². The van der Waals surface area contributed by atoms with Gasteiger partial charge in [0.05, 0.1) is 12.8 Å². The van der Waals surface area contributed by atoms with Crippen LogP contribution in [0.25, 0.3) is 22.2 Å². The number of ether oxygens (including phenoxy) is 1. The van der Waals surface area contributed by atoms with Crippen LogP contribution in [0.5, 0.6) is 5.75 Å². The number of carbonyl (C=O) groups is 1. The molecule has 0 unspecified atom stereocenters. The van der Waals surface area contributed by atoms with Crippen LogP contribution in [0.4, 0.5) is 5.82 Å². The molecule has 7 nitrogen and oxygen atoms in total. The second-order valence-corrected chi connectivity index (χ2v) is 7.86. The number of nitrogens with zero attached hydrogens (tertiary/aromatic N) is 4. The second kappa shape index (κ2) is 8.34. The Balaban J connectivity index is 1.26. The largest absolute Gasteiger partial charge is 0.493 e. The third-order valence-electron chi connectivity index (χ3n) is 5.90. The zero-order valence-corrected chi connectivity index (χ0v) is 18.1. The lowest BCUT2D eigenvalue weighted by Crippen LogP contribution is -2.49. The van der Waals surface area contributed by atoms with Crippen LogP contribution < -0.4 is 9.64 Å². The summed E-state index contributed by atoms with van der Waals surface area (Å²) in [4.78, 5) is 17.0. The first-order valence-electron chi connectivity index (χ1n) is 10.6. The lowest BCUT2D eigenvalue weighted by molar-refractivity contribution is 0.0716. The molecule has 1 aliphatic rings. The lowest BCUT2D eigenvalue weighted by atomic mass is 10.1. The SMILES string of the molecule is COc1cccc2cc(C(=O)N3CCN(c4ccc(-c5ccccc5C)nn4)CC3)oc12. The van der Waals surface area contributed by atoms with Crippen molar-refractivity contribution in [2.24, 2.45) is 0 Å². The van der Waals surface area contributed by atoms with Crippen molar-refractivity contribution < 1.29 is 13.9 Å². The number of hydrogen-bond donors (Lipinski definition) is 0. The molecule has 0 aliphatic carbocycles. The van der Waals surface area contributed by atoms with E-state index in [0.29, 0.717) is 43.3 Å². The van der Waals surface area contributed by atoms with E-state index >= 15 is 0 Å². The summed E-state index contributed by atoms with van der Waals surface area (Å²) in [6, 6.07) is 19.5. The van der Waals surface area contributed by atoms with Crippen LogP contribution in [0.3, 0.4) is 0 Å². The molecule has 1 fully saturated rings. The summed E-state index contributed by atoms with van der Waals surface area (Å²) >= 11 is 0. The Kier molecular flexibility index (Phi) is 5.23. The highest BCUT2D eigenvalue weighted by atomic mass is 16.5. The van der Waals surface area contributed by atoms with E-state index in [9.17, 15) is 4.79 Å². The van der Waals surface area contributed by atoms with Crippen molar-refractivity contribution in [3.8, 4) is 17.0 Å². The molecule has 2 aromatic carbocycles. The number of methoxy groups -OCH3 is 1. The number of benzene rings is 2. The third-order valence-corrected chi connectivity index (χ3v) is 5.90. The standard InChI is InChI=1S/C25H24N4O3/c1-17-6-3-4-8-19(17)20-10-11-23(27-26-20)28-12-14-29(15-13-28)25(30)22-16-18-7-5-9-21(31-2)24(18)32-22/h3-11,16H,12-15H2,1-2H3. The van der Waals surface area contributed by atoms with Gasteiger partial charge in [-0.15, -0.1) is 10.2 Å². The number of fused-ring (bicyclic) bond motifs is 1. The highest BCUT2D eigenvalue weighted by Crippen LogP contribution is 2.29. The summed E-state index contributed by atoms with van der Waals surface area (Å²) in [5.74, 6) is 1.67. The summed E-state index contributed by atoms with van der Waals surface area (Å²) in [5, 5.41) is 9.72. The molecule has 1 amide bonds. The maximum absolute atomic E-state index is 13.0. The number of aryl methyl sites for hydroxylation is 1. The number of hydrogen-bond acceptors (Lipinski definition) is 6. The van der Waals surface area contributed by atoms with Crippen molar-refractivity contribution in [1.29, 1.82) is 0 Å². The van der Waals surface area contributed by atoms with Crippen molar-refractivity contribution in [3.05, 3.63) is 72.0 Å². The number of aromatic nitrogens is 2. The van der Waals surface area contributed by atoms with Gasteiger partial charge < -0.3 is 19.0 Å². The van der Waals surface area contributed by atoms with Gasteiger partial charge in [0, 0.05) is 37.1 Å². The zero-order chi connectivity index (χ0) is 22.1. The summed E-state index contributed by atoms with van der Waals surface area (Å²) in [7, 11) is 1.59. The minimum Gasteiger partial charge on any atom is -0.493 e. The maximum atomic E-state index is 13.0. The number of furan rings is 1. The van der Waals surface area contributed by atoms with E-state index in [1.807, 2.05) is 47.4 Å². The minimum atomic E-state index is -0.108. The fourth-order valence-corrected chi connectivity index (χ4v) is 4.09. The topological polar surface area (TPSA) is 71.7 Å². The monoisotopic (exact) mass is 428 g/mol. The molecule has 0 atom stereocenters. The fraction of sp³-hybridized carbons (Fsp3) is 0.240. The first-order valence-corrected chi connectivity index (χ1v) is 10.6. The van der Waals surface area contributed by atoms with Gasteiger partial charge in [-0.2, -0.15) is 0 Å². The quantitative estimate of drug-likeness (QED) is 0.486. The summed E-state index contributed by atoms with van der Waals surface area (Å²) in [5.41, 5.74) is 3.72. The van der Waals surface area contributed by atoms with Gasteiger partial charge in [-0.3, -0.25) is 4.79 Å². The lowest BCUT2D eigenvalue weighted by Gasteiger charge is -2.34. The van der Waals surface area contributed by atoms with E-state index in [-0.39, 0.29) is 5.91 Å². The van der Waals surface area contributed by atoms with Crippen LogP contribution in [0, 0.1) is 6.92 Å². The number of rotatable bonds is 4.